The fourth-order valence-corrected chi connectivity index (χ4v) is 5.34. The highest BCUT2D eigenvalue weighted by Crippen LogP contribution is 2.61. The summed E-state index contributed by atoms with van der Waals surface area (Å²) in [5, 5.41) is 2.91. The average molecular weight is 354 g/mol. The van der Waals surface area contributed by atoms with Crippen LogP contribution in [0, 0.1) is 23.1 Å². The lowest BCUT2D eigenvalue weighted by Gasteiger charge is -2.48. The van der Waals surface area contributed by atoms with Crippen molar-refractivity contribution < 1.29 is 17.6 Å². The molecule has 3 unspecified atom stereocenters. The molecule has 0 aromatic heterocycles. The maximum Gasteiger partial charge on any atom is 0.329 e. The first-order valence-electron chi connectivity index (χ1n) is 8.17. The van der Waals surface area contributed by atoms with Gasteiger partial charge in [0, 0.05) is 5.54 Å². The molecule has 0 radical (unpaired) electrons. The molecule has 2 saturated carbocycles. The molecule has 132 valence electrons. The number of rotatable bonds is 3. The van der Waals surface area contributed by atoms with Gasteiger partial charge in [-0.1, -0.05) is 13.8 Å². The Labute approximate surface area is 142 Å². The Morgan fingerprint density at radius 1 is 1.12 bits per heavy atom. The van der Waals surface area contributed by atoms with E-state index in [1.54, 1.807) is 0 Å². The van der Waals surface area contributed by atoms with E-state index in [1.165, 1.54) is 0 Å². The van der Waals surface area contributed by atoms with Crippen molar-refractivity contribution in [3.05, 3.63) is 30.1 Å². The number of fused-ring (bicyclic) bond motifs is 2. The van der Waals surface area contributed by atoms with Crippen LogP contribution in [0.1, 0.15) is 40.0 Å². The fourth-order valence-electron chi connectivity index (χ4n) is 4.43. The van der Waals surface area contributed by atoms with E-state index in [0.29, 0.717) is 11.8 Å². The highest BCUT2D eigenvalue weighted by Gasteiger charge is 2.61. The summed E-state index contributed by atoms with van der Waals surface area (Å²) in [6, 6.07) is 3.63. The maximum atomic E-state index is 12.9. The topological polar surface area (TPSA) is 75.3 Å². The molecule has 2 bridgehead atoms. The Kier molecular flexibility index (Phi) is 3.90. The van der Waals surface area contributed by atoms with Gasteiger partial charge in [-0.15, -0.1) is 0 Å². The van der Waals surface area contributed by atoms with Gasteiger partial charge in [0.05, 0.1) is 4.90 Å². The molecule has 0 saturated heterocycles. The normalized spacial score (nSPS) is 31.0. The average Bonchev–Trinajstić information content (AvgIpc) is 3.02. The molecule has 2 aliphatic rings. The van der Waals surface area contributed by atoms with E-state index in [2.05, 4.69) is 19.2 Å². The summed E-state index contributed by atoms with van der Waals surface area (Å²) in [6.07, 6.45) is 3.27. The third kappa shape index (κ3) is 2.59. The second-order valence-corrected chi connectivity index (χ2v) is 9.33. The Morgan fingerprint density at radius 2 is 1.71 bits per heavy atom. The van der Waals surface area contributed by atoms with Crippen molar-refractivity contribution in [3.8, 4) is 0 Å². The molecule has 2 amide bonds. The van der Waals surface area contributed by atoms with Gasteiger partial charge in [-0.2, -0.15) is 0 Å². The zero-order valence-electron chi connectivity index (χ0n) is 14.1. The number of sulfonamides is 1. The van der Waals surface area contributed by atoms with E-state index in [9.17, 15) is 17.6 Å². The molecule has 7 heteroatoms. The largest absolute Gasteiger partial charge is 0.331 e. The second-order valence-electron chi connectivity index (χ2n) is 7.64. The molecule has 1 aromatic carbocycles. The summed E-state index contributed by atoms with van der Waals surface area (Å²) in [5.41, 5.74) is -0.536. The lowest BCUT2D eigenvalue weighted by Crippen LogP contribution is -2.61. The molecule has 2 fully saturated rings. The van der Waals surface area contributed by atoms with Crippen molar-refractivity contribution >= 4 is 16.1 Å². The van der Waals surface area contributed by atoms with Crippen LogP contribution in [0.3, 0.4) is 0 Å². The number of urea groups is 1. The van der Waals surface area contributed by atoms with Crippen molar-refractivity contribution in [2.24, 2.45) is 17.3 Å². The summed E-state index contributed by atoms with van der Waals surface area (Å²) in [4.78, 5) is 12.2. The van der Waals surface area contributed by atoms with E-state index < -0.39 is 27.4 Å². The molecule has 5 nitrogen and oxygen atoms in total. The van der Waals surface area contributed by atoms with Crippen LogP contribution in [0.2, 0.25) is 0 Å². The zero-order valence-corrected chi connectivity index (χ0v) is 14.9. The molecule has 2 aliphatic carbocycles. The van der Waals surface area contributed by atoms with Crippen molar-refractivity contribution in [1.29, 1.82) is 0 Å². The van der Waals surface area contributed by atoms with Gasteiger partial charge in [0.1, 0.15) is 5.82 Å². The van der Waals surface area contributed by atoms with Crippen LogP contribution >= 0.6 is 0 Å². The standard InChI is InChI=1S/C17H23FN2O3S/c1-16(2)11-4-5-12(10-11)17(16,3)19-15(21)20-24(22,23)14-8-6-13(18)7-9-14/h6-9,11-12H,4-5,10H2,1-3H3,(H2,19,20,21). The van der Waals surface area contributed by atoms with Gasteiger partial charge in [-0.05, 0) is 67.7 Å². The number of nitrogens with one attached hydrogen (secondary N) is 2. The predicted molar refractivity (Wildman–Crippen MR) is 88.3 cm³/mol. The van der Waals surface area contributed by atoms with E-state index in [-0.39, 0.29) is 10.3 Å². The summed E-state index contributed by atoms with van der Waals surface area (Å²) in [5.74, 6) is 0.368. The Balaban J connectivity index is 1.75. The molecule has 3 rings (SSSR count). The molecule has 3 atom stereocenters. The van der Waals surface area contributed by atoms with Crippen LogP contribution in [-0.2, 0) is 10.0 Å². The van der Waals surface area contributed by atoms with Crippen LogP contribution in [0.15, 0.2) is 29.2 Å². The van der Waals surface area contributed by atoms with Gasteiger partial charge in [-0.25, -0.2) is 22.3 Å². The third-order valence-electron chi connectivity index (χ3n) is 6.33. The van der Waals surface area contributed by atoms with Crippen LogP contribution in [0.25, 0.3) is 0 Å². The van der Waals surface area contributed by atoms with E-state index in [1.807, 2.05) is 11.6 Å². The van der Waals surface area contributed by atoms with Gasteiger partial charge in [0.25, 0.3) is 10.0 Å². The monoisotopic (exact) mass is 354 g/mol. The van der Waals surface area contributed by atoms with E-state index >= 15 is 0 Å². The van der Waals surface area contributed by atoms with Gasteiger partial charge in [0.15, 0.2) is 0 Å². The number of hydrogen-bond donors (Lipinski definition) is 2. The summed E-state index contributed by atoms with van der Waals surface area (Å²) in [6.45, 7) is 6.26. The molecule has 0 heterocycles. The first-order chi connectivity index (χ1) is 11.1. The first kappa shape index (κ1) is 17.2. The van der Waals surface area contributed by atoms with Crippen LogP contribution in [0.4, 0.5) is 9.18 Å². The summed E-state index contributed by atoms with van der Waals surface area (Å²) < 4.78 is 39.5. The minimum Gasteiger partial charge on any atom is -0.331 e. The number of hydrogen-bond acceptors (Lipinski definition) is 3. The number of amides is 2. The van der Waals surface area contributed by atoms with Gasteiger partial charge >= 0.3 is 6.03 Å². The van der Waals surface area contributed by atoms with Crippen molar-refractivity contribution in [2.45, 2.75) is 50.5 Å². The quantitative estimate of drug-likeness (QED) is 0.876. The third-order valence-corrected chi connectivity index (χ3v) is 7.68. The molecule has 0 aliphatic heterocycles. The number of halogens is 1. The Bertz CT molecular complexity index is 761. The smallest absolute Gasteiger partial charge is 0.329 e. The minimum absolute atomic E-state index is 0.0904. The van der Waals surface area contributed by atoms with Gasteiger partial charge < -0.3 is 5.32 Å². The zero-order chi connectivity index (χ0) is 17.8. The fraction of sp³-hybridized carbons (Fsp3) is 0.588. The van der Waals surface area contributed by atoms with Crippen molar-refractivity contribution in [3.63, 3.8) is 0 Å². The van der Waals surface area contributed by atoms with E-state index in [0.717, 1.165) is 43.5 Å². The Morgan fingerprint density at radius 3 is 2.25 bits per heavy atom. The predicted octanol–water partition coefficient (Wildman–Crippen LogP) is 3.03. The van der Waals surface area contributed by atoms with Crippen LogP contribution in [-0.4, -0.2) is 20.0 Å². The molecular formula is C17H23FN2O3S. The van der Waals surface area contributed by atoms with Gasteiger partial charge in [0.2, 0.25) is 0 Å². The molecule has 1 aromatic rings. The number of carbonyl (C=O) groups is 1. The van der Waals surface area contributed by atoms with E-state index in [4.69, 9.17) is 0 Å². The molecule has 2 N–H and O–H groups in total. The summed E-state index contributed by atoms with van der Waals surface area (Å²) >= 11 is 0. The minimum atomic E-state index is -4.02. The molecule has 24 heavy (non-hydrogen) atoms. The highest BCUT2D eigenvalue weighted by atomic mass is 32.2. The van der Waals surface area contributed by atoms with Crippen LogP contribution in [0.5, 0.6) is 0 Å². The second kappa shape index (κ2) is 5.44. The van der Waals surface area contributed by atoms with Crippen molar-refractivity contribution in [2.75, 3.05) is 0 Å². The first-order valence-corrected chi connectivity index (χ1v) is 9.65. The lowest BCUT2D eigenvalue weighted by atomic mass is 9.64. The lowest BCUT2D eigenvalue weighted by molar-refractivity contribution is 0.0748. The highest BCUT2D eigenvalue weighted by molar-refractivity contribution is 7.90. The molecular weight excluding hydrogens is 331 g/mol. The number of benzene rings is 1. The Hall–Kier alpha value is -1.63. The SMILES string of the molecule is CC1(C)C2CCC(C2)C1(C)NC(=O)NS(=O)(=O)c1ccc(F)cc1. The van der Waals surface area contributed by atoms with Crippen LogP contribution < -0.4 is 10.0 Å². The molecule has 0 spiro atoms. The summed E-state index contributed by atoms with van der Waals surface area (Å²) in [7, 11) is -4.02. The van der Waals surface area contributed by atoms with Gasteiger partial charge in [-0.3, -0.25) is 0 Å². The van der Waals surface area contributed by atoms with Crippen molar-refractivity contribution in [1.82, 2.24) is 10.0 Å². The maximum absolute atomic E-state index is 12.9. The number of carbonyl (C=O) groups excluding carboxylic acids is 1.